The van der Waals surface area contributed by atoms with Crippen LogP contribution in [0.25, 0.3) is 10.9 Å². The van der Waals surface area contributed by atoms with Gasteiger partial charge in [0.2, 0.25) is 0 Å². The number of nitrogens with two attached hydrogens (primary N) is 1. The highest BCUT2D eigenvalue weighted by atomic mass is 16.1. The highest BCUT2D eigenvalue weighted by Crippen LogP contribution is 2.21. The van der Waals surface area contributed by atoms with E-state index >= 15 is 0 Å². The fraction of sp³-hybridized carbons (Fsp3) is 0.524. The molecule has 5 heteroatoms. The molecule has 0 aliphatic rings. The van der Waals surface area contributed by atoms with Gasteiger partial charge in [-0.15, -0.1) is 0 Å². The molecule has 26 heavy (non-hydrogen) atoms. The molecule has 0 aliphatic heterocycles. The van der Waals surface area contributed by atoms with Crippen LogP contribution in [0.3, 0.4) is 0 Å². The number of aromatic nitrogens is 1. The molecule has 1 amide bonds. The number of rotatable bonds is 10. The molecular formula is C21H32N4O. The number of nitrogens with one attached hydrogen (secondary N) is 2. The second-order valence-electron chi connectivity index (χ2n) is 7.12. The highest BCUT2D eigenvalue weighted by molar-refractivity contribution is 6.01. The summed E-state index contributed by atoms with van der Waals surface area (Å²) < 4.78 is 0. The Balaban J connectivity index is 2.08. The number of hydrogen-bond acceptors (Lipinski definition) is 4. The number of carbonyl (C=O) groups excluding carboxylic acids is 1. The number of benzene rings is 1. The first-order chi connectivity index (χ1) is 12.4. The molecule has 0 saturated heterocycles. The number of nitrogens with zero attached hydrogens (tertiary/aromatic N) is 1. The first-order valence-electron chi connectivity index (χ1n) is 9.65. The lowest BCUT2D eigenvalue weighted by atomic mass is 10.1. The Labute approximate surface area is 156 Å². The average molecular weight is 357 g/mol. The number of fused-ring (bicyclic) bond motifs is 1. The predicted molar refractivity (Wildman–Crippen MR) is 110 cm³/mol. The summed E-state index contributed by atoms with van der Waals surface area (Å²) in [6.45, 7) is 9.40. The van der Waals surface area contributed by atoms with Crippen molar-refractivity contribution < 1.29 is 4.79 Å². The summed E-state index contributed by atoms with van der Waals surface area (Å²) in [5.74, 6) is 0.121. The Kier molecular flexibility index (Phi) is 7.39. The zero-order valence-electron chi connectivity index (χ0n) is 16.4. The normalized spacial score (nSPS) is 13.5. The molecule has 2 atom stereocenters. The van der Waals surface area contributed by atoms with Gasteiger partial charge in [-0.25, -0.2) is 4.98 Å². The number of anilines is 1. The molecule has 1 aromatic heterocycles. The van der Waals surface area contributed by atoms with Crippen molar-refractivity contribution in [1.82, 2.24) is 10.3 Å². The van der Waals surface area contributed by atoms with Crippen molar-refractivity contribution in [3.8, 4) is 0 Å². The summed E-state index contributed by atoms with van der Waals surface area (Å²) in [6.07, 6.45) is 4.41. The van der Waals surface area contributed by atoms with E-state index < -0.39 is 5.91 Å². The highest BCUT2D eigenvalue weighted by Gasteiger charge is 2.13. The molecule has 1 aromatic carbocycles. The van der Waals surface area contributed by atoms with Crippen LogP contribution < -0.4 is 16.4 Å². The zero-order valence-corrected chi connectivity index (χ0v) is 16.4. The lowest BCUT2D eigenvalue weighted by molar-refractivity contribution is 0.100. The zero-order chi connectivity index (χ0) is 19.1. The molecule has 0 aliphatic carbocycles. The summed E-state index contributed by atoms with van der Waals surface area (Å²) >= 11 is 0. The fourth-order valence-corrected chi connectivity index (χ4v) is 3.31. The third-order valence-corrected chi connectivity index (χ3v) is 4.76. The SMILES string of the molecule is CCCC(C)NC(CC)CCNc1nc2ccc(C)cc2cc1C(N)=O. The van der Waals surface area contributed by atoms with Crippen molar-refractivity contribution in [1.29, 1.82) is 0 Å². The molecule has 1 heterocycles. The molecule has 0 saturated carbocycles. The molecule has 5 nitrogen and oxygen atoms in total. The lowest BCUT2D eigenvalue weighted by Crippen LogP contribution is -2.37. The van der Waals surface area contributed by atoms with Crippen molar-refractivity contribution in [2.75, 3.05) is 11.9 Å². The summed E-state index contributed by atoms with van der Waals surface area (Å²) in [4.78, 5) is 16.5. The number of primary amides is 1. The monoisotopic (exact) mass is 356 g/mol. The van der Waals surface area contributed by atoms with Gasteiger partial charge in [0.1, 0.15) is 5.82 Å². The number of carbonyl (C=O) groups is 1. The van der Waals surface area contributed by atoms with E-state index in [2.05, 4.69) is 36.4 Å². The molecule has 2 aromatic rings. The van der Waals surface area contributed by atoms with E-state index in [1.807, 2.05) is 31.2 Å². The molecule has 0 spiro atoms. The molecule has 0 radical (unpaired) electrons. The molecule has 0 fully saturated rings. The second-order valence-corrected chi connectivity index (χ2v) is 7.12. The van der Waals surface area contributed by atoms with Crippen molar-refractivity contribution in [3.05, 3.63) is 35.4 Å². The van der Waals surface area contributed by atoms with E-state index in [1.54, 1.807) is 0 Å². The molecule has 2 rings (SSSR count). The van der Waals surface area contributed by atoms with E-state index in [4.69, 9.17) is 5.73 Å². The number of amides is 1. The molecule has 142 valence electrons. The van der Waals surface area contributed by atoms with Gasteiger partial charge in [0.15, 0.2) is 0 Å². The maximum Gasteiger partial charge on any atom is 0.252 e. The van der Waals surface area contributed by atoms with Crippen LogP contribution in [-0.2, 0) is 0 Å². The molecule has 4 N–H and O–H groups in total. The number of aryl methyl sites for hydroxylation is 1. The summed E-state index contributed by atoms with van der Waals surface area (Å²) in [6, 6.07) is 8.82. The van der Waals surface area contributed by atoms with Crippen molar-refractivity contribution in [2.45, 2.75) is 65.5 Å². The minimum atomic E-state index is -0.454. The van der Waals surface area contributed by atoms with Crippen molar-refractivity contribution in [3.63, 3.8) is 0 Å². The minimum absolute atomic E-state index is 0.448. The van der Waals surface area contributed by atoms with Crippen LogP contribution in [0.4, 0.5) is 5.82 Å². The first kappa shape index (κ1) is 20.2. The lowest BCUT2D eigenvalue weighted by Gasteiger charge is -2.22. The third kappa shape index (κ3) is 5.43. The standard InChI is InChI=1S/C21H32N4O/c1-5-7-15(4)24-17(6-2)10-11-23-21-18(20(22)26)13-16-12-14(3)8-9-19(16)25-21/h8-9,12-13,15,17,24H,5-7,10-11H2,1-4H3,(H2,22,26)(H,23,25). The first-order valence-corrected chi connectivity index (χ1v) is 9.65. The Bertz CT molecular complexity index is 744. The van der Waals surface area contributed by atoms with E-state index in [0.29, 0.717) is 23.5 Å². The van der Waals surface area contributed by atoms with Gasteiger partial charge in [0, 0.05) is 24.0 Å². The third-order valence-electron chi connectivity index (χ3n) is 4.76. The number of pyridine rings is 1. The Hall–Kier alpha value is -2.14. The van der Waals surface area contributed by atoms with Gasteiger partial charge >= 0.3 is 0 Å². The van der Waals surface area contributed by atoms with Gasteiger partial charge < -0.3 is 16.4 Å². The van der Waals surface area contributed by atoms with Gasteiger partial charge in [-0.2, -0.15) is 0 Å². The topological polar surface area (TPSA) is 80.0 Å². The number of hydrogen-bond donors (Lipinski definition) is 3. The van der Waals surface area contributed by atoms with Crippen molar-refractivity contribution in [2.24, 2.45) is 5.73 Å². The maximum absolute atomic E-state index is 11.9. The van der Waals surface area contributed by atoms with Gasteiger partial charge in [0.05, 0.1) is 11.1 Å². The van der Waals surface area contributed by atoms with Gasteiger partial charge in [-0.05, 0) is 51.3 Å². The predicted octanol–water partition coefficient (Wildman–Crippen LogP) is 4.00. The molecule has 2 unspecified atom stereocenters. The molecular weight excluding hydrogens is 324 g/mol. The van der Waals surface area contributed by atoms with Crippen LogP contribution in [0.2, 0.25) is 0 Å². The summed E-state index contributed by atoms with van der Waals surface area (Å²) in [7, 11) is 0. The van der Waals surface area contributed by atoms with Gasteiger partial charge in [0.25, 0.3) is 5.91 Å². The van der Waals surface area contributed by atoms with Crippen molar-refractivity contribution >= 4 is 22.6 Å². The Morgan fingerprint density at radius 2 is 2.00 bits per heavy atom. The van der Waals surface area contributed by atoms with Crippen LogP contribution in [0, 0.1) is 6.92 Å². The quantitative estimate of drug-likeness (QED) is 0.601. The second kappa shape index (κ2) is 9.53. The average Bonchev–Trinajstić information content (AvgIpc) is 2.60. The van der Waals surface area contributed by atoms with Crippen LogP contribution in [0.5, 0.6) is 0 Å². The maximum atomic E-state index is 11.9. The van der Waals surface area contributed by atoms with Gasteiger partial charge in [-0.1, -0.05) is 31.9 Å². The van der Waals surface area contributed by atoms with E-state index in [1.165, 1.54) is 12.8 Å². The van der Waals surface area contributed by atoms with E-state index in [0.717, 1.165) is 35.9 Å². The summed E-state index contributed by atoms with van der Waals surface area (Å²) in [5, 5.41) is 7.93. The fourth-order valence-electron chi connectivity index (χ4n) is 3.31. The minimum Gasteiger partial charge on any atom is -0.369 e. The van der Waals surface area contributed by atoms with E-state index in [-0.39, 0.29) is 0 Å². The van der Waals surface area contributed by atoms with Crippen LogP contribution >= 0.6 is 0 Å². The largest absolute Gasteiger partial charge is 0.369 e. The van der Waals surface area contributed by atoms with Crippen LogP contribution in [0.1, 0.15) is 62.4 Å². The Morgan fingerprint density at radius 1 is 1.23 bits per heavy atom. The van der Waals surface area contributed by atoms with E-state index in [9.17, 15) is 4.79 Å². The Morgan fingerprint density at radius 3 is 2.65 bits per heavy atom. The van der Waals surface area contributed by atoms with Crippen LogP contribution in [0.15, 0.2) is 24.3 Å². The summed E-state index contributed by atoms with van der Waals surface area (Å²) in [5.41, 5.74) is 8.02. The smallest absolute Gasteiger partial charge is 0.252 e. The van der Waals surface area contributed by atoms with Gasteiger partial charge in [-0.3, -0.25) is 4.79 Å². The van der Waals surface area contributed by atoms with Crippen LogP contribution in [-0.4, -0.2) is 29.5 Å². The molecule has 0 bridgehead atoms.